The summed E-state index contributed by atoms with van der Waals surface area (Å²) in [6.45, 7) is -0.110. The molecule has 0 bridgehead atoms. The molecule has 0 spiro atoms. The average Bonchev–Trinajstić information content (AvgIpc) is 2.66. The van der Waals surface area contributed by atoms with Gasteiger partial charge in [0.15, 0.2) is 12.4 Å². The number of nitrogens with one attached hydrogen (secondary N) is 1. The van der Waals surface area contributed by atoms with Gasteiger partial charge in [-0.15, -0.1) is 0 Å². The molecule has 0 unspecified atom stereocenters. The van der Waals surface area contributed by atoms with Crippen molar-refractivity contribution < 1.29 is 9.53 Å². The van der Waals surface area contributed by atoms with Crippen LogP contribution in [0.15, 0.2) is 54.6 Å². The maximum absolute atomic E-state index is 12.3. The van der Waals surface area contributed by atoms with Gasteiger partial charge >= 0.3 is 5.97 Å². The fourth-order valence-electron chi connectivity index (χ4n) is 2.33. The predicted octanol–water partition coefficient (Wildman–Crippen LogP) is 2.62. The second-order valence-electron chi connectivity index (χ2n) is 5.95. The van der Waals surface area contributed by atoms with Crippen LogP contribution in [0, 0.1) is 0 Å². The Labute approximate surface area is 157 Å². The number of nitrogen functional groups attached to an aromatic ring is 1. The van der Waals surface area contributed by atoms with E-state index in [-0.39, 0.29) is 24.3 Å². The number of nitrogens with zero attached hydrogens (tertiary/aromatic N) is 4. The molecule has 27 heavy (non-hydrogen) atoms. The van der Waals surface area contributed by atoms with Crippen molar-refractivity contribution in [2.75, 3.05) is 30.0 Å². The summed E-state index contributed by atoms with van der Waals surface area (Å²) in [7, 11) is 3.80. The van der Waals surface area contributed by atoms with Crippen LogP contribution < -0.4 is 16.0 Å². The van der Waals surface area contributed by atoms with Gasteiger partial charge in [0.05, 0.1) is 5.56 Å². The van der Waals surface area contributed by atoms with E-state index in [2.05, 4.69) is 20.3 Å². The lowest BCUT2D eigenvalue weighted by atomic mass is 10.2. The molecule has 0 aliphatic rings. The van der Waals surface area contributed by atoms with Gasteiger partial charge in [-0.2, -0.15) is 15.0 Å². The highest BCUT2D eigenvalue weighted by atomic mass is 16.5. The average molecular weight is 364 g/mol. The molecule has 1 heterocycles. The van der Waals surface area contributed by atoms with E-state index < -0.39 is 5.97 Å². The zero-order valence-corrected chi connectivity index (χ0v) is 15.1. The predicted molar refractivity (Wildman–Crippen MR) is 104 cm³/mol. The smallest absolute Gasteiger partial charge is 0.338 e. The number of carbonyl (C=O) groups is 1. The van der Waals surface area contributed by atoms with Crippen LogP contribution in [0.2, 0.25) is 0 Å². The maximum atomic E-state index is 12.3. The molecule has 8 nitrogen and oxygen atoms in total. The lowest BCUT2D eigenvalue weighted by Gasteiger charge is -2.13. The van der Waals surface area contributed by atoms with E-state index in [4.69, 9.17) is 10.5 Å². The second kappa shape index (κ2) is 8.13. The first-order valence-corrected chi connectivity index (χ1v) is 8.28. The summed E-state index contributed by atoms with van der Waals surface area (Å²) < 4.78 is 5.32. The molecule has 0 saturated heterocycles. The van der Waals surface area contributed by atoms with Crippen LogP contribution in [0.25, 0.3) is 0 Å². The molecule has 0 radical (unpaired) electrons. The summed E-state index contributed by atoms with van der Waals surface area (Å²) >= 11 is 0. The van der Waals surface area contributed by atoms with Crippen molar-refractivity contribution in [1.82, 2.24) is 15.0 Å². The van der Waals surface area contributed by atoms with Crippen molar-refractivity contribution in [2.24, 2.45) is 0 Å². The zero-order valence-electron chi connectivity index (χ0n) is 15.1. The fraction of sp³-hybridized carbons (Fsp3) is 0.158. The molecular formula is C19H20N6O2. The number of ether oxygens (including phenoxy) is 1. The molecular weight excluding hydrogens is 344 g/mol. The number of nitrogens with two attached hydrogens (primary N) is 1. The molecule has 138 valence electrons. The Bertz CT molecular complexity index is 930. The molecule has 3 aromatic rings. The number of anilines is 4. The standard InChI is InChI=1S/C19H20N6O2/c1-25(2)15-10-6-7-13(11-15)17(26)27-12-16-22-18(20)24-19(23-16)21-14-8-4-3-5-9-14/h3-11H,12H2,1-2H3,(H3,20,21,22,23,24). The van der Waals surface area contributed by atoms with E-state index in [9.17, 15) is 4.79 Å². The number of hydrogen-bond acceptors (Lipinski definition) is 8. The third-order valence-corrected chi connectivity index (χ3v) is 3.66. The van der Waals surface area contributed by atoms with Crippen molar-refractivity contribution in [1.29, 1.82) is 0 Å². The molecule has 3 rings (SSSR count). The molecule has 0 amide bonds. The highest BCUT2D eigenvalue weighted by Gasteiger charge is 2.11. The minimum atomic E-state index is -0.463. The highest BCUT2D eigenvalue weighted by molar-refractivity contribution is 5.90. The van der Waals surface area contributed by atoms with E-state index in [1.807, 2.05) is 55.4 Å². The van der Waals surface area contributed by atoms with Crippen LogP contribution in [0.5, 0.6) is 0 Å². The Morgan fingerprint density at radius 1 is 1.07 bits per heavy atom. The van der Waals surface area contributed by atoms with E-state index in [1.54, 1.807) is 18.2 Å². The molecule has 0 atom stereocenters. The van der Waals surface area contributed by atoms with Crippen LogP contribution in [-0.2, 0) is 11.3 Å². The number of benzene rings is 2. The Kier molecular flexibility index (Phi) is 5.46. The Balaban J connectivity index is 1.69. The molecule has 3 N–H and O–H groups in total. The number of esters is 1. The summed E-state index contributed by atoms with van der Waals surface area (Å²) in [6.07, 6.45) is 0. The van der Waals surface area contributed by atoms with E-state index >= 15 is 0 Å². The lowest BCUT2D eigenvalue weighted by molar-refractivity contribution is 0.0462. The quantitative estimate of drug-likeness (QED) is 0.643. The minimum Gasteiger partial charge on any atom is -0.454 e. The molecule has 8 heteroatoms. The van der Waals surface area contributed by atoms with Gasteiger partial charge in [0.25, 0.3) is 0 Å². The van der Waals surface area contributed by atoms with Crippen molar-refractivity contribution in [2.45, 2.75) is 6.61 Å². The Morgan fingerprint density at radius 2 is 1.85 bits per heavy atom. The van der Waals surface area contributed by atoms with E-state index in [1.165, 1.54) is 0 Å². The first-order valence-electron chi connectivity index (χ1n) is 8.28. The maximum Gasteiger partial charge on any atom is 0.338 e. The lowest BCUT2D eigenvalue weighted by Crippen LogP contribution is -2.12. The van der Waals surface area contributed by atoms with Crippen LogP contribution >= 0.6 is 0 Å². The van der Waals surface area contributed by atoms with Gasteiger partial charge in [0.1, 0.15) is 0 Å². The van der Waals surface area contributed by atoms with Crippen LogP contribution in [-0.4, -0.2) is 35.0 Å². The third-order valence-electron chi connectivity index (χ3n) is 3.66. The second-order valence-corrected chi connectivity index (χ2v) is 5.95. The first kappa shape index (κ1) is 18.1. The fourth-order valence-corrected chi connectivity index (χ4v) is 2.33. The summed E-state index contributed by atoms with van der Waals surface area (Å²) in [4.78, 5) is 26.5. The Hall–Kier alpha value is -3.68. The van der Waals surface area contributed by atoms with Gasteiger partial charge in [-0.25, -0.2) is 4.79 Å². The topological polar surface area (TPSA) is 106 Å². The largest absolute Gasteiger partial charge is 0.454 e. The van der Waals surface area contributed by atoms with Gasteiger partial charge in [-0.1, -0.05) is 24.3 Å². The van der Waals surface area contributed by atoms with Crippen molar-refractivity contribution in [3.8, 4) is 0 Å². The number of aromatic nitrogens is 3. The zero-order chi connectivity index (χ0) is 19.2. The number of carbonyl (C=O) groups excluding carboxylic acids is 1. The number of para-hydroxylation sites is 1. The van der Waals surface area contributed by atoms with Gasteiger partial charge in [0, 0.05) is 25.5 Å². The van der Waals surface area contributed by atoms with Crippen LogP contribution in [0.1, 0.15) is 16.2 Å². The Morgan fingerprint density at radius 3 is 2.59 bits per heavy atom. The third kappa shape index (κ3) is 4.91. The summed E-state index contributed by atoms with van der Waals surface area (Å²) in [5.41, 5.74) is 7.90. The van der Waals surface area contributed by atoms with E-state index in [0.717, 1.165) is 11.4 Å². The molecule has 0 fully saturated rings. The van der Waals surface area contributed by atoms with Crippen molar-refractivity contribution in [3.63, 3.8) is 0 Å². The molecule has 0 aliphatic carbocycles. The van der Waals surface area contributed by atoms with Gasteiger partial charge < -0.3 is 20.7 Å². The highest BCUT2D eigenvalue weighted by Crippen LogP contribution is 2.16. The van der Waals surface area contributed by atoms with Gasteiger partial charge in [0.2, 0.25) is 11.9 Å². The molecule has 0 saturated carbocycles. The SMILES string of the molecule is CN(C)c1cccc(C(=O)OCc2nc(N)nc(Nc3ccccc3)n2)c1. The normalized spacial score (nSPS) is 10.3. The molecule has 1 aromatic heterocycles. The molecule has 0 aliphatic heterocycles. The minimum absolute atomic E-state index is 0.0454. The van der Waals surface area contributed by atoms with Crippen LogP contribution in [0.3, 0.4) is 0 Å². The summed E-state index contributed by atoms with van der Waals surface area (Å²) in [6, 6.07) is 16.6. The van der Waals surface area contributed by atoms with Crippen LogP contribution in [0.4, 0.5) is 23.3 Å². The van der Waals surface area contributed by atoms with Crippen molar-refractivity contribution >= 4 is 29.2 Å². The van der Waals surface area contributed by atoms with Crippen molar-refractivity contribution in [3.05, 3.63) is 66.0 Å². The van der Waals surface area contributed by atoms with Gasteiger partial charge in [-0.3, -0.25) is 0 Å². The number of rotatable bonds is 6. The molecule has 2 aromatic carbocycles. The summed E-state index contributed by atoms with van der Waals surface area (Å²) in [5, 5.41) is 3.04. The van der Waals surface area contributed by atoms with Gasteiger partial charge in [-0.05, 0) is 30.3 Å². The van der Waals surface area contributed by atoms with E-state index in [0.29, 0.717) is 5.56 Å². The monoisotopic (exact) mass is 364 g/mol. The first-order chi connectivity index (χ1) is 13.0. The number of hydrogen-bond donors (Lipinski definition) is 2. The summed E-state index contributed by atoms with van der Waals surface area (Å²) in [5.74, 6) is 0.131.